The fourth-order valence-electron chi connectivity index (χ4n) is 2.50. The lowest BCUT2D eigenvalue weighted by molar-refractivity contribution is 0.255. The molecule has 2 heterocycles. The van der Waals surface area contributed by atoms with Gasteiger partial charge in [-0.1, -0.05) is 29.8 Å². The lowest BCUT2D eigenvalue weighted by atomic mass is 10.1. The molecule has 0 unspecified atom stereocenters. The Bertz CT molecular complexity index is 738. The van der Waals surface area contributed by atoms with Crippen LogP contribution < -0.4 is 10.6 Å². The molecular formula is C17H20N4OS. The Balaban J connectivity index is 1.55. The van der Waals surface area contributed by atoms with Crippen LogP contribution in [-0.2, 0) is 13.0 Å². The average molecular weight is 328 g/mol. The number of amides is 2. The number of carbonyl (C=O) groups excluding carboxylic acids is 1. The highest BCUT2D eigenvalue weighted by molar-refractivity contribution is 7.15. The van der Waals surface area contributed by atoms with Crippen LogP contribution in [0.1, 0.15) is 21.7 Å². The molecule has 1 aliphatic rings. The van der Waals surface area contributed by atoms with Gasteiger partial charge in [0, 0.05) is 30.6 Å². The second-order valence-corrected chi connectivity index (χ2v) is 6.81. The molecule has 5 nitrogen and oxygen atoms in total. The molecule has 2 N–H and O–H groups in total. The smallest absolute Gasteiger partial charge is 0.314 e. The van der Waals surface area contributed by atoms with Crippen molar-refractivity contribution in [3.05, 3.63) is 52.2 Å². The van der Waals surface area contributed by atoms with E-state index in [4.69, 9.17) is 0 Å². The summed E-state index contributed by atoms with van der Waals surface area (Å²) in [4.78, 5) is 19.9. The Labute approximate surface area is 140 Å². The van der Waals surface area contributed by atoms with E-state index in [0.717, 1.165) is 30.8 Å². The number of fused-ring (bicyclic) bond motifs is 1. The van der Waals surface area contributed by atoms with Gasteiger partial charge >= 0.3 is 6.03 Å². The van der Waals surface area contributed by atoms with Crippen molar-refractivity contribution < 1.29 is 4.79 Å². The molecule has 0 fully saturated rings. The molecule has 0 radical (unpaired) electrons. The lowest BCUT2D eigenvalue weighted by Crippen LogP contribution is -2.25. The number of hydrogen-bond acceptors (Lipinski definition) is 4. The van der Waals surface area contributed by atoms with E-state index < -0.39 is 0 Å². The van der Waals surface area contributed by atoms with Crippen molar-refractivity contribution in [2.24, 2.45) is 0 Å². The summed E-state index contributed by atoms with van der Waals surface area (Å²) in [6.07, 6.45) is 4.46. The fraction of sp³-hybridized carbons (Fsp3) is 0.294. The van der Waals surface area contributed by atoms with Gasteiger partial charge in [-0.3, -0.25) is 5.32 Å². The van der Waals surface area contributed by atoms with Crippen molar-refractivity contribution in [2.75, 3.05) is 18.9 Å². The number of aromatic nitrogens is 1. The number of hydrogen-bond donors (Lipinski definition) is 2. The maximum atomic E-state index is 11.9. The highest BCUT2D eigenvalue weighted by atomic mass is 32.1. The minimum atomic E-state index is -0.270. The zero-order valence-electron chi connectivity index (χ0n) is 13.3. The van der Waals surface area contributed by atoms with E-state index in [0.29, 0.717) is 5.13 Å². The Kier molecular flexibility index (Phi) is 4.73. The van der Waals surface area contributed by atoms with Crippen molar-refractivity contribution in [1.82, 2.24) is 15.2 Å². The minimum absolute atomic E-state index is 0.270. The molecule has 6 heteroatoms. The molecule has 0 saturated heterocycles. The molecule has 0 aliphatic carbocycles. The molecule has 23 heavy (non-hydrogen) atoms. The lowest BCUT2D eigenvalue weighted by Gasteiger charge is -2.20. The summed E-state index contributed by atoms with van der Waals surface area (Å²) >= 11 is 1.55. The van der Waals surface area contributed by atoms with Crippen LogP contribution in [0, 0.1) is 6.92 Å². The first-order valence-corrected chi connectivity index (χ1v) is 8.39. The number of carbonyl (C=O) groups is 1. The monoisotopic (exact) mass is 328 g/mol. The van der Waals surface area contributed by atoms with Gasteiger partial charge in [-0.15, -0.1) is 11.3 Å². The maximum Gasteiger partial charge on any atom is 0.325 e. The molecule has 2 amide bonds. The summed E-state index contributed by atoms with van der Waals surface area (Å²) in [5.74, 6) is 0. The Hall–Kier alpha value is -2.18. The molecule has 0 bridgehead atoms. The van der Waals surface area contributed by atoms with Crippen LogP contribution in [0.3, 0.4) is 0 Å². The van der Waals surface area contributed by atoms with Crippen molar-refractivity contribution in [1.29, 1.82) is 0 Å². The number of rotatable bonds is 3. The van der Waals surface area contributed by atoms with E-state index in [1.54, 1.807) is 17.5 Å². The van der Waals surface area contributed by atoms with Gasteiger partial charge in [0.25, 0.3) is 0 Å². The Morgan fingerprint density at radius 1 is 1.43 bits per heavy atom. The van der Waals surface area contributed by atoms with Gasteiger partial charge in [-0.25, -0.2) is 9.78 Å². The molecule has 120 valence electrons. The summed E-state index contributed by atoms with van der Waals surface area (Å²) in [5.41, 5.74) is 3.35. The number of benzene rings is 1. The van der Waals surface area contributed by atoms with Crippen LogP contribution in [0.5, 0.6) is 0 Å². The summed E-state index contributed by atoms with van der Waals surface area (Å²) in [6.45, 7) is 3.96. The second kappa shape index (κ2) is 6.93. The topological polar surface area (TPSA) is 57.3 Å². The van der Waals surface area contributed by atoms with Crippen LogP contribution in [0.25, 0.3) is 6.08 Å². The van der Waals surface area contributed by atoms with Gasteiger partial charge in [-0.05, 0) is 25.6 Å². The predicted molar refractivity (Wildman–Crippen MR) is 94.5 cm³/mol. The molecule has 0 spiro atoms. The molecule has 0 atom stereocenters. The van der Waals surface area contributed by atoms with Gasteiger partial charge < -0.3 is 10.2 Å². The Morgan fingerprint density at radius 2 is 2.30 bits per heavy atom. The number of nitrogens with one attached hydrogen (secondary N) is 2. The van der Waals surface area contributed by atoms with Gasteiger partial charge in [0.05, 0.1) is 5.69 Å². The quantitative estimate of drug-likeness (QED) is 0.909. The SMILES string of the molecule is Cc1cccc(/C=C/NC(=O)Nc2nc3c(s2)CN(C)CC3)c1. The zero-order valence-corrected chi connectivity index (χ0v) is 14.1. The first kappa shape index (κ1) is 15.7. The Morgan fingerprint density at radius 3 is 3.13 bits per heavy atom. The largest absolute Gasteiger partial charge is 0.325 e. The number of anilines is 1. The third-order valence-corrected chi connectivity index (χ3v) is 4.67. The molecule has 2 aromatic rings. The van der Waals surface area contributed by atoms with E-state index in [-0.39, 0.29) is 6.03 Å². The van der Waals surface area contributed by atoms with Crippen LogP contribution in [0.4, 0.5) is 9.93 Å². The van der Waals surface area contributed by atoms with E-state index in [1.807, 2.05) is 31.2 Å². The summed E-state index contributed by atoms with van der Waals surface area (Å²) < 4.78 is 0. The van der Waals surface area contributed by atoms with E-state index in [1.165, 1.54) is 10.4 Å². The van der Waals surface area contributed by atoms with Crippen molar-refractivity contribution >= 4 is 28.6 Å². The van der Waals surface area contributed by atoms with E-state index in [9.17, 15) is 4.79 Å². The van der Waals surface area contributed by atoms with E-state index in [2.05, 4.69) is 33.6 Å². The zero-order chi connectivity index (χ0) is 16.2. The number of aryl methyl sites for hydroxylation is 1. The summed E-state index contributed by atoms with van der Waals surface area (Å²) in [5, 5.41) is 6.17. The van der Waals surface area contributed by atoms with Crippen LogP contribution in [0.2, 0.25) is 0 Å². The molecule has 0 saturated carbocycles. The summed E-state index contributed by atoms with van der Waals surface area (Å²) in [7, 11) is 2.10. The number of nitrogens with zero attached hydrogens (tertiary/aromatic N) is 2. The van der Waals surface area contributed by atoms with Crippen LogP contribution in [0.15, 0.2) is 30.5 Å². The maximum absolute atomic E-state index is 11.9. The molecule has 3 rings (SSSR count). The minimum Gasteiger partial charge on any atom is -0.314 e. The highest BCUT2D eigenvalue weighted by Crippen LogP contribution is 2.27. The normalized spacial score (nSPS) is 14.7. The first-order chi connectivity index (χ1) is 11.1. The second-order valence-electron chi connectivity index (χ2n) is 5.72. The highest BCUT2D eigenvalue weighted by Gasteiger charge is 2.18. The van der Waals surface area contributed by atoms with Gasteiger partial charge in [-0.2, -0.15) is 0 Å². The van der Waals surface area contributed by atoms with Crippen LogP contribution >= 0.6 is 11.3 Å². The standard InChI is InChI=1S/C17H20N4OS/c1-12-4-3-5-13(10-12)6-8-18-16(22)20-17-19-14-7-9-21(2)11-15(14)23-17/h3-6,8,10H,7,9,11H2,1-2H3,(H2,18,19,20,22)/b8-6+. The van der Waals surface area contributed by atoms with Crippen molar-refractivity contribution in [3.63, 3.8) is 0 Å². The van der Waals surface area contributed by atoms with Gasteiger partial charge in [0.1, 0.15) is 0 Å². The van der Waals surface area contributed by atoms with E-state index >= 15 is 0 Å². The van der Waals surface area contributed by atoms with Crippen molar-refractivity contribution in [2.45, 2.75) is 19.9 Å². The fourth-order valence-corrected chi connectivity index (χ4v) is 3.58. The third-order valence-electron chi connectivity index (χ3n) is 3.67. The van der Waals surface area contributed by atoms with Gasteiger partial charge in [0.2, 0.25) is 0 Å². The molecule has 1 aromatic carbocycles. The van der Waals surface area contributed by atoms with Crippen LogP contribution in [-0.4, -0.2) is 29.5 Å². The summed E-state index contributed by atoms with van der Waals surface area (Å²) in [6, 6.07) is 7.81. The van der Waals surface area contributed by atoms with Gasteiger partial charge in [0.15, 0.2) is 5.13 Å². The number of urea groups is 1. The molecule has 1 aliphatic heterocycles. The first-order valence-electron chi connectivity index (χ1n) is 7.58. The van der Waals surface area contributed by atoms with Crippen molar-refractivity contribution in [3.8, 4) is 0 Å². The third kappa shape index (κ3) is 4.18. The molecular weight excluding hydrogens is 308 g/mol. The predicted octanol–water partition coefficient (Wildman–Crippen LogP) is 3.23. The number of thiazole rings is 1. The average Bonchev–Trinajstić information content (AvgIpc) is 2.88. The molecule has 1 aromatic heterocycles. The number of likely N-dealkylation sites (N-methyl/N-ethyl adjacent to an activating group) is 1.